The minimum Gasteiger partial charge on any atom is -0.494 e. The van der Waals surface area contributed by atoms with Crippen LogP contribution in [0.15, 0.2) is 24.3 Å². The second kappa shape index (κ2) is 9.20. The lowest BCUT2D eigenvalue weighted by Crippen LogP contribution is -2.37. The predicted octanol–water partition coefficient (Wildman–Crippen LogP) is 2.48. The lowest BCUT2D eigenvalue weighted by Gasteiger charge is -2.16. The van der Waals surface area contributed by atoms with E-state index in [1.165, 1.54) is 0 Å². The SMILES string of the molecule is CCOc1cccc(C(C)NC(=O)NCCCOC)c1. The van der Waals surface area contributed by atoms with E-state index in [1.54, 1.807) is 7.11 Å². The third-order valence-electron chi connectivity index (χ3n) is 2.83. The largest absolute Gasteiger partial charge is 0.494 e. The molecule has 0 fully saturated rings. The summed E-state index contributed by atoms with van der Waals surface area (Å²) in [7, 11) is 1.65. The van der Waals surface area contributed by atoms with Gasteiger partial charge in [0.25, 0.3) is 0 Å². The summed E-state index contributed by atoms with van der Waals surface area (Å²) in [4.78, 5) is 11.7. The maximum Gasteiger partial charge on any atom is 0.315 e. The van der Waals surface area contributed by atoms with Crippen LogP contribution in [0.5, 0.6) is 5.75 Å². The van der Waals surface area contributed by atoms with E-state index in [0.29, 0.717) is 19.8 Å². The van der Waals surface area contributed by atoms with Gasteiger partial charge in [0.15, 0.2) is 0 Å². The Kier molecular flexibility index (Phi) is 7.50. The highest BCUT2D eigenvalue weighted by Gasteiger charge is 2.09. The number of carbonyl (C=O) groups is 1. The Morgan fingerprint density at radius 1 is 1.40 bits per heavy atom. The van der Waals surface area contributed by atoms with E-state index in [4.69, 9.17) is 9.47 Å². The Labute approximate surface area is 120 Å². The van der Waals surface area contributed by atoms with Crippen molar-refractivity contribution in [1.82, 2.24) is 10.6 Å². The molecule has 5 nitrogen and oxygen atoms in total. The standard InChI is InChI=1S/C15H24N2O3/c1-4-20-14-8-5-7-13(11-14)12(2)17-15(18)16-9-6-10-19-3/h5,7-8,11-12H,4,6,9-10H2,1-3H3,(H2,16,17,18). The van der Waals surface area contributed by atoms with Crippen molar-refractivity contribution in [3.05, 3.63) is 29.8 Å². The van der Waals surface area contributed by atoms with Crippen LogP contribution in [0.2, 0.25) is 0 Å². The van der Waals surface area contributed by atoms with Crippen LogP contribution in [0, 0.1) is 0 Å². The van der Waals surface area contributed by atoms with Crippen LogP contribution < -0.4 is 15.4 Å². The van der Waals surface area contributed by atoms with Gasteiger partial charge in [-0.15, -0.1) is 0 Å². The van der Waals surface area contributed by atoms with Gasteiger partial charge in [0.2, 0.25) is 0 Å². The van der Waals surface area contributed by atoms with Gasteiger partial charge in [-0.2, -0.15) is 0 Å². The van der Waals surface area contributed by atoms with Crippen LogP contribution in [-0.4, -0.2) is 32.9 Å². The fourth-order valence-corrected chi connectivity index (χ4v) is 1.79. The molecule has 0 saturated heterocycles. The normalized spacial score (nSPS) is 11.8. The summed E-state index contributed by atoms with van der Waals surface area (Å²) in [5.41, 5.74) is 1.02. The van der Waals surface area contributed by atoms with Crippen molar-refractivity contribution in [3.8, 4) is 5.75 Å². The highest BCUT2D eigenvalue weighted by Crippen LogP contribution is 2.18. The smallest absolute Gasteiger partial charge is 0.315 e. The van der Waals surface area contributed by atoms with Gasteiger partial charge in [0.05, 0.1) is 12.6 Å². The van der Waals surface area contributed by atoms with Crippen LogP contribution >= 0.6 is 0 Å². The van der Waals surface area contributed by atoms with Crippen molar-refractivity contribution in [2.75, 3.05) is 26.9 Å². The topological polar surface area (TPSA) is 59.6 Å². The molecule has 1 rings (SSSR count). The summed E-state index contributed by atoms with van der Waals surface area (Å²) in [5, 5.41) is 5.69. The fraction of sp³-hybridized carbons (Fsp3) is 0.533. The molecule has 1 atom stereocenters. The monoisotopic (exact) mass is 280 g/mol. The van der Waals surface area contributed by atoms with E-state index in [-0.39, 0.29) is 12.1 Å². The zero-order valence-electron chi connectivity index (χ0n) is 12.4. The number of hydrogen-bond acceptors (Lipinski definition) is 3. The van der Waals surface area contributed by atoms with Gasteiger partial charge in [-0.25, -0.2) is 4.79 Å². The van der Waals surface area contributed by atoms with Gasteiger partial charge in [0.1, 0.15) is 5.75 Å². The van der Waals surface area contributed by atoms with Crippen molar-refractivity contribution < 1.29 is 14.3 Å². The molecule has 112 valence electrons. The maximum atomic E-state index is 11.7. The van der Waals surface area contributed by atoms with Crippen LogP contribution in [0.1, 0.15) is 31.9 Å². The number of ether oxygens (including phenoxy) is 2. The van der Waals surface area contributed by atoms with Gasteiger partial charge in [0, 0.05) is 20.3 Å². The molecule has 0 aliphatic carbocycles. The summed E-state index contributed by atoms with van der Waals surface area (Å²) in [6, 6.07) is 7.50. The predicted molar refractivity (Wildman–Crippen MR) is 79.1 cm³/mol. The fourth-order valence-electron chi connectivity index (χ4n) is 1.79. The molecule has 1 unspecified atom stereocenters. The molecular weight excluding hydrogens is 256 g/mol. The lowest BCUT2D eigenvalue weighted by molar-refractivity contribution is 0.193. The Bertz CT molecular complexity index is 410. The van der Waals surface area contributed by atoms with Gasteiger partial charge in [-0.05, 0) is 38.0 Å². The molecule has 0 aromatic heterocycles. The quantitative estimate of drug-likeness (QED) is 0.719. The van der Waals surface area contributed by atoms with Crippen molar-refractivity contribution in [2.24, 2.45) is 0 Å². The number of nitrogens with one attached hydrogen (secondary N) is 2. The molecule has 0 radical (unpaired) electrons. The van der Waals surface area contributed by atoms with E-state index < -0.39 is 0 Å². The number of amides is 2. The minimum absolute atomic E-state index is 0.0715. The molecule has 0 spiro atoms. The zero-order valence-corrected chi connectivity index (χ0v) is 12.4. The average molecular weight is 280 g/mol. The van der Waals surface area contributed by atoms with Crippen molar-refractivity contribution >= 4 is 6.03 Å². The summed E-state index contributed by atoms with van der Waals surface area (Å²) in [6.45, 7) is 5.77. The molecule has 5 heteroatoms. The summed E-state index contributed by atoms with van der Waals surface area (Å²) in [5.74, 6) is 0.819. The molecule has 0 saturated carbocycles. The first kappa shape index (κ1) is 16.3. The second-order valence-corrected chi connectivity index (χ2v) is 4.47. The third-order valence-corrected chi connectivity index (χ3v) is 2.83. The van der Waals surface area contributed by atoms with E-state index in [2.05, 4.69) is 10.6 Å². The molecule has 0 heterocycles. The number of carbonyl (C=O) groups excluding carboxylic acids is 1. The summed E-state index contributed by atoms with van der Waals surface area (Å²) >= 11 is 0. The molecule has 1 aromatic rings. The highest BCUT2D eigenvalue weighted by molar-refractivity contribution is 5.74. The van der Waals surface area contributed by atoms with Crippen LogP contribution in [0.25, 0.3) is 0 Å². The Morgan fingerprint density at radius 3 is 2.90 bits per heavy atom. The summed E-state index contributed by atoms with van der Waals surface area (Å²) < 4.78 is 10.4. The number of rotatable bonds is 8. The first-order chi connectivity index (χ1) is 9.67. The molecule has 0 bridgehead atoms. The molecular formula is C15H24N2O3. The first-order valence-corrected chi connectivity index (χ1v) is 6.93. The van der Waals surface area contributed by atoms with Gasteiger partial charge in [-0.1, -0.05) is 12.1 Å². The van der Waals surface area contributed by atoms with Crippen LogP contribution in [0.3, 0.4) is 0 Å². The van der Waals surface area contributed by atoms with Crippen LogP contribution in [0.4, 0.5) is 4.79 Å². The number of benzene rings is 1. The molecule has 20 heavy (non-hydrogen) atoms. The molecule has 1 aromatic carbocycles. The highest BCUT2D eigenvalue weighted by atomic mass is 16.5. The molecule has 2 N–H and O–H groups in total. The maximum absolute atomic E-state index is 11.7. The van der Waals surface area contributed by atoms with Crippen molar-refractivity contribution in [1.29, 1.82) is 0 Å². The van der Waals surface area contributed by atoms with Crippen molar-refractivity contribution in [3.63, 3.8) is 0 Å². The Hall–Kier alpha value is -1.75. The van der Waals surface area contributed by atoms with E-state index in [9.17, 15) is 4.79 Å². The zero-order chi connectivity index (χ0) is 14.8. The van der Waals surface area contributed by atoms with E-state index >= 15 is 0 Å². The van der Waals surface area contributed by atoms with E-state index in [1.807, 2.05) is 38.1 Å². The minimum atomic E-state index is -0.171. The van der Waals surface area contributed by atoms with Gasteiger partial charge in [-0.3, -0.25) is 0 Å². The summed E-state index contributed by atoms with van der Waals surface area (Å²) in [6.07, 6.45) is 0.804. The average Bonchev–Trinajstić information content (AvgIpc) is 2.44. The van der Waals surface area contributed by atoms with Crippen molar-refractivity contribution in [2.45, 2.75) is 26.3 Å². The molecule has 0 aliphatic rings. The number of hydrogen-bond donors (Lipinski definition) is 2. The number of urea groups is 1. The number of methoxy groups -OCH3 is 1. The molecule has 0 aliphatic heterocycles. The molecule has 2 amide bonds. The Balaban J connectivity index is 2.43. The second-order valence-electron chi connectivity index (χ2n) is 4.47. The lowest BCUT2D eigenvalue weighted by atomic mass is 10.1. The Morgan fingerprint density at radius 2 is 2.20 bits per heavy atom. The van der Waals surface area contributed by atoms with Gasteiger partial charge >= 0.3 is 6.03 Å². The first-order valence-electron chi connectivity index (χ1n) is 6.93. The van der Waals surface area contributed by atoms with Gasteiger partial charge < -0.3 is 20.1 Å². The van der Waals surface area contributed by atoms with E-state index in [0.717, 1.165) is 17.7 Å². The third kappa shape index (κ3) is 5.93. The van der Waals surface area contributed by atoms with Crippen LogP contribution in [-0.2, 0) is 4.74 Å².